The van der Waals surface area contributed by atoms with Crippen molar-refractivity contribution in [2.24, 2.45) is 0 Å². The van der Waals surface area contributed by atoms with Crippen LogP contribution in [0.15, 0.2) is 24.3 Å². The largest absolute Gasteiger partial charge is 0.508 e. The summed E-state index contributed by atoms with van der Waals surface area (Å²) < 4.78 is 0. The minimum absolute atomic E-state index is 0.196. The number of phenols is 1. The summed E-state index contributed by atoms with van der Waals surface area (Å²) in [5.74, 6) is 0.382. The Balaban J connectivity index is 1.95. The van der Waals surface area contributed by atoms with Crippen molar-refractivity contribution in [3.63, 3.8) is 0 Å². The van der Waals surface area contributed by atoms with Gasteiger partial charge in [-0.25, -0.2) is 0 Å². The molecule has 74 valence electrons. The summed E-state index contributed by atoms with van der Waals surface area (Å²) in [5.41, 5.74) is 1.45. The minimum atomic E-state index is 0.196. The van der Waals surface area contributed by atoms with E-state index < -0.39 is 0 Å². The van der Waals surface area contributed by atoms with Gasteiger partial charge in [0, 0.05) is 11.6 Å². The first-order chi connectivity index (χ1) is 6.78. The monoisotopic (exact) mass is 189 g/mol. The molecule has 1 aromatic rings. The molecule has 1 saturated carbocycles. The van der Waals surface area contributed by atoms with Gasteiger partial charge in [0.15, 0.2) is 0 Å². The topological polar surface area (TPSA) is 32.3 Å². The summed E-state index contributed by atoms with van der Waals surface area (Å²) in [6.45, 7) is 0. The number of hydrogen-bond donors (Lipinski definition) is 2. The average molecular weight is 189 g/mol. The zero-order chi connectivity index (χ0) is 9.60. The summed E-state index contributed by atoms with van der Waals surface area (Å²) in [6.07, 6.45) is 5.09. The van der Waals surface area contributed by atoms with Crippen LogP contribution in [0.3, 0.4) is 0 Å². The van der Waals surface area contributed by atoms with E-state index in [9.17, 15) is 5.11 Å². The van der Waals surface area contributed by atoms with Crippen LogP contribution in [0.5, 0.6) is 5.75 Å². The summed E-state index contributed by atoms with van der Waals surface area (Å²) in [4.78, 5) is 0. The lowest BCUT2D eigenvalue weighted by Crippen LogP contribution is -2.63. The van der Waals surface area contributed by atoms with Crippen molar-refractivity contribution in [2.45, 2.75) is 37.3 Å². The van der Waals surface area contributed by atoms with Gasteiger partial charge in [-0.3, -0.25) is 0 Å². The summed E-state index contributed by atoms with van der Waals surface area (Å²) >= 11 is 0. The van der Waals surface area contributed by atoms with Crippen LogP contribution in [0.4, 0.5) is 0 Å². The second kappa shape index (κ2) is 2.74. The van der Waals surface area contributed by atoms with E-state index in [0.29, 0.717) is 5.75 Å². The number of aromatic hydroxyl groups is 1. The lowest BCUT2D eigenvalue weighted by Gasteiger charge is -2.54. The third kappa shape index (κ3) is 1.07. The van der Waals surface area contributed by atoms with Crippen LogP contribution in [0.2, 0.25) is 0 Å². The van der Waals surface area contributed by atoms with Gasteiger partial charge >= 0.3 is 0 Å². The number of phenolic OH excluding ortho intramolecular Hbond substituents is 1. The molecule has 2 aliphatic heterocycles. The molecule has 0 amide bonds. The summed E-state index contributed by atoms with van der Waals surface area (Å²) in [5, 5.41) is 13.1. The number of rotatable bonds is 1. The molecule has 2 nitrogen and oxygen atoms in total. The number of piperidine rings is 1. The molecule has 0 spiro atoms. The standard InChI is InChI=1S/C12H15NO/c14-11-5-1-3-9(7-11)12-6-2-4-10(8-12)13-12/h1,3,5,7,10,13-14H,2,4,6,8H2. The van der Waals surface area contributed by atoms with E-state index in [1.807, 2.05) is 12.1 Å². The average Bonchev–Trinajstić information content (AvgIpc) is 2.17. The van der Waals surface area contributed by atoms with Crippen molar-refractivity contribution in [1.29, 1.82) is 0 Å². The zero-order valence-electron chi connectivity index (χ0n) is 8.16. The SMILES string of the molecule is Oc1cccc(C23CCCC(C2)N3)c1. The first kappa shape index (κ1) is 8.30. The van der Waals surface area contributed by atoms with Gasteiger partial charge in [-0.1, -0.05) is 12.1 Å². The van der Waals surface area contributed by atoms with Crippen molar-refractivity contribution in [1.82, 2.24) is 5.32 Å². The maximum Gasteiger partial charge on any atom is 0.115 e. The Morgan fingerprint density at radius 1 is 1.43 bits per heavy atom. The first-order valence-corrected chi connectivity index (χ1v) is 5.36. The lowest BCUT2D eigenvalue weighted by molar-refractivity contribution is 0.0686. The van der Waals surface area contributed by atoms with Gasteiger partial charge in [-0.15, -0.1) is 0 Å². The molecule has 2 heteroatoms. The van der Waals surface area contributed by atoms with Crippen molar-refractivity contribution in [2.75, 3.05) is 0 Å². The molecular weight excluding hydrogens is 174 g/mol. The fourth-order valence-corrected chi connectivity index (χ4v) is 2.94. The fraction of sp³-hybridized carbons (Fsp3) is 0.500. The van der Waals surface area contributed by atoms with Gasteiger partial charge in [0.05, 0.1) is 0 Å². The number of hydrogen-bond acceptors (Lipinski definition) is 2. The number of fused-ring (bicyclic) bond motifs is 2. The highest BCUT2D eigenvalue weighted by Gasteiger charge is 2.47. The predicted molar refractivity (Wildman–Crippen MR) is 55.2 cm³/mol. The van der Waals surface area contributed by atoms with E-state index in [0.717, 1.165) is 6.04 Å². The molecule has 14 heavy (non-hydrogen) atoms. The van der Waals surface area contributed by atoms with E-state index in [1.165, 1.54) is 31.2 Å². The van der Waals surface area contributed by atoms with Crippen LogP contribution in [-0.2, 0) is 5.54 Å². The van der Waals surface area contributed by atoms with Gasteiger partial charge in [0.2, 0.25) is 0 Å². The van der Waals surface area contributed by atoms with Crippen LogP contribution >= 0.6 is 0 Å². The Kier molecular flexibility index (Phi) is 1.62. The maximum absolute atomic E-state index is 9.45. The van der Waals surface area contributed by atoms with E-state index in [-0.39, 0.29) is 5.54 Å². The molecule has 3 fully saturated rings. The van der Waals surface area contributed by atoms with Crippen molar-refractivity contribution >= 4 is 0 Å². The normalized spacial score (nSPS) is 35.0. The molecule has 2 N–H and O–H groups in total. The van der Waals surface area contributed by atoms with Crippen molar-refractivity contribution < 1.29 is 5.11 Å². The second-order valence-electron chi connectivity index (χ2n) is 4.57. The van der Waals surface area contributed by atoms with E-state index in [4.69, 9.17) is 0 Å². The Labute approximate surface area is 84.0 Å². The lowest BCUT2D eigenvalue weighted by atomic mass is 9.67. The Hall–Kier alpha value is -1.02. The Bertz CT molecular complexity index is 350. The van der Waals surface area contributed by atoms with Gasteiger partial charge in [0.1, 0.15) is 5.75 Å². The van der Waals surface area contributed by atoms with Crippen LogP contribution in [-0.4, -0.2) is 11.1 Å². The van der Waals surface area contributed by atoms with E-state index in [1.54, 1.807) is 6.07 Å². The molecule has 2 saturated heterocycles. The zero-order valence-corrected chi connectivity index (χ0v) is 8.16. The number of nitrogens with one attached hydrogen (secondary N) is 1. The molecule has 3 aliphatic rings. The molecule has 0 aromatic heterocycles. The molecule has 2 unspecified atom stereocenters. The number of benzene rings is 1. The minimum Gasteiger partial charge on any atom is -0.508 e. The molecule has 0 radical (unpaired) electrons. The van der Waals surface area contributed by atoms with Crippen LogP contribution in [0, 0.1) is 0 Å². The fourth-order valence-electron chi connectivity index (χ4n) is 2.94. The molecule has 2 bridgehead atoms. The van der Waals surface area contributed by atoms with Crippen LogP contribution in [0.1, 0.15) is 31.2 Å². The summed E-state index contributed by atoms with van der Waals surface area (Å²) in [6, 6.07) is 8.41. The highest BCUT2D eigenvalue weighted by Crippen LogP contribution is 2.45. The molecule has 1 aliphatic carbocycles. The summed E-state index contributed by atoms with van der Waals surface area (Å²) in [7, 11) is 0. The third-order valence-corrected chi connectivity index (χ3v) is 3.63. The first-order valence-electron chi connectivity index (χ1n) is 5.36. The second-order valence-corrected chi connectivity index (χ2v) is 4.57. The molecule has 1 aromatic carbocycles. The van der Waals surface area contributed by atoms with E-state index in [2.05, 4.69) is 11.4 Å². The van der Waals surface area contributed by atoms with Crippen molar-refractivity contribution in [3.8, 4) is 5.75 Å². The highest BCUT2D eigenvalue weighted by atomic mass is 16.3. The molecule has 2 heterocycles. The quantitative estimate of drug-likeness (QED) is 0.709. The van der Waals surface area contributed by atoms with Crippen molar-refractivity contribution in [3.05, 3.63) is 29.8 Å². The highest BCUT2D eigenvalue weighted by molar-refractivity contribution is 5.35. The Morgan fingerprint density at radius 3 is 2.93 bits per heavy atom. The third-order valence-electron chi connectivity index (χ3n) is 3.63. The van der Waals surface area contributed by atoms with Crippen LogP contribution < -0.4 is 5.32 Å². The van der Waals surface area contributed by atoms with Gasteiger partial charge in [-0.2, -0.15) is 0 Å². The molecular formula is C12H15NO. The predicted octanol–water partition coefficient (Wildman–Crippen LogP) is 2.13. The Morgan fingerprint density at radius 2 is 2.29 bits per heavy atom. The van der Waals surface area contributed by atoms with E-state index >= 15 is 0 Å². The van der Waals surface area contributed by atoms with Gasteiger partial charge in [0.25, 0.3) is 0 Å². The molecule has 4 rings (SSSR count). The van der Waals surface area contributed by atoms with Gasteiger partial charge < -0.3 is 10.4 Å². The molecule has 2 atom stereocenters. The maximum atomic E-state index is 9.45. The van der Waals surface area contributed by atoms with Crippen LogP contribution in [0.25, 0.3) is 0 Å². The van der Waals surface area contributed by atoms with Gasteiger partial charge in [-0.05, 0) is 43.4 Å². The smallest absolute Gasteiger partial charge is 0.115 e.